The van der Waals surface area contributed by atoms with Crippen molar-refractivity contribution in [2.75, 3.05) is 19.6 Å². The number of hydrogen-bond donors (Lipinski definition) is 0. The summed E-state index contributed by atoms with van der Waals surface area (Å²) in [4.78, 5) is 17.2. The van der Waals surface area contributed by atoms with Crippen molar-refractivity contribution in [3.05, 3.63) is 28.3 Å². The maximum absolute atomic E-state index is 10.6. The van der Waals surface area contributed by atoms with Gasteiger partial charge in [-0.15, -0.1) is 0 Å². The number of likely N-dealkylation sites (tertiary alicyclic amines) is 1. The summed E-state index contributed by atoms with van der Waals surface area (Å²) in [7, 11) is 0. The Morgan fingerprint density at radius 2 is 2.41 bits per heavy atom. The first kappa shape index (κ1) is 12.2. The maximum atomic E-state index is 10.6. The van der Waals surface area contributed by atoms with Gasteiger partial charge in [-0.3, -0.25) is 9.89 Å². The highest BCUT2D eigenvalue weighted by atomic mass is 16.3. The molecule has 1 fully saturated rings. The first-order chi connectivity index (χ1) is 8.28. The van der Waals surface area contributed by atoms with Crippen molar-refractivity contribution < 1.29 is 0 Å². The zero-order valence-corrected chi connectivity index (χ0v) is 10.3. The summed E-state index contributed by atoms with van der Waals surface area (Å²) < 4.78 is 0. The molecule has 0 aromatic heterocycles. The fourth-order valence-corrected chi connectivity index (χ4v) is 2.30. The molecule has 0 radical (unpaired) electrons. The third kappa shape index (κ3) is 3.60. The summed E-state index contributed by atoms with van der Waals surface area (Å²) in [6.07, 6.45) is 9.22. The van der Waals surface area contributed by atoms with Crippen LogP contribution in [0.2, 0.25) is 0 Å². The van der Waals surface area contributed by atoms with Gasteiger partial charge in [0.25, 0.3) is 0 Å². The van der Waals surface area contributed by atoms with Gasteiger partial charge in [-0.05, 0) is 38.3 Å². The monoisotopic (exact) mass is 233 g/mol. The zero-order chi connectivity index (χ0) is 12.1. The fourth-order valence-electron chi connectivity index (χ4n) is 2.30. The molecule has 1 saturated heterocycles. The van der Waals surface area contributed by atoms with E-state index in [0.29, 0.717) is 0 Å². The Morgan fingerprint density at radius 3 is 3.24 bits per heavy atom. The van der Waals surface area contributed by atoms with Crippen LogP contribution in [0.3, 0.4) is 0 Å². The van der Waals surface area contributed by atoms with E-state index in [0.717, 1.165) is 44.6 Å². The molecule has 4 nitrogen and oxygen atoms in total. The van der Waals surface area contributed by atoms with Crippen LogP contribution in [-0.2, 0) is 0 Å². The second kappa shape index (κ2) is 5.87. The van der Waals surface area contributed by atoms with Crippen LogP contribution in [0, 0.1) is 4.91 Å². The topological polar surface area (TPSA) is 45.0 Å². The standard InChI is InChI=1S/C13H19N3O/c1-11-4-2-5-12(8-14-11)9-16-7-3-6-13(10-16)15-17/h4-5,8,13H,2-3,6-7,9-10H2,1H3. The van der Waals surface area contributed by atoms with Crippen LogP contribution >= 0.6 is 0 Å². The SMILES string of the molecule is CC1=CCC=C(CN2CCCC(N=O)C2)C=N1. The molecule has 0 aliphatic carbocycles. The van der Waals surface area contributed by atoms with E-state index in [9.17, 15) is 4.91 Å². The Kier molecular flexibility index (Phi) is 4.20. The molecule has 0 aromatic rings. The van der Waals surface area contributed by atoms with E-state index in [1.54, 1.807) is 0 Å². The molecule has 0 saturated carbocycles. The lowest BCUT2D eigenvalue weighted by Gasteiger charge is -2.29. The Bertz CT molecular complexity index is 371. The second-order valence-corrected chi connectivity index (χ2v) is 4.76. The Hall–Kier alpha value is -1.29. The van der Waals surface area contributed by atoms with Gasteiger partial charge in [0.15, 0.2) is 0 Å². The van der Waals surface area contributed by atoms with Crippen molar-refractivity contribution in [2.45, 2.75) is 32.2 Å². The van der Waals surface area contributed by atoms with E-state index in [-0.39, 0.29) is 6.04 Å². The van der Waals surface area contributed by atoms with Crippen molar-refractivity contribution in [3.63, 3.8) is 0 Å². The molecule has 17 heavy (non-hydrogen) atoms. The molecular weight excluding hydrogens is 214 g/mol. The fraction of sp³-hybridized carbons (Fsp3) is 0.615. The summed E-state index contributed by atoms with van der Waals surface area (Å²) in [6, 6.07) is -0.0214. The highest BCUT2D eigenvalue weighted by Crippen LogP contribution is 2.15. The van der Waals surface area contributed by atoms with E-state index in [1.165, 1.54) is 5.57 Å². The van der Waals surface area contributed by atoms with Crippen LogP contribution in [0.5, 0.6) is 0 Å². The lowest BCUT2D eigenvalue weighted by Crippen LogP contribution is -2.38. The minimum Gasteiger partial charge on any atom is -0.297 e. The molecular formula is C13H19N3O. The van der Waals surface area contributed by atoms with Crippen LogP contribution in [0.25, 0.3) is 0 Å². The second-order valence-electron chi connectivity index (χ2n) is 4.76. The van der Waals surface area contributed by atoms with Gasteiger partial charge >= 0.3 is 0 Å². The van der Waals surface area contributed by atoms with Crippen molar-refractivity contribution in [1.82, 2.24) is 4.90 Å². The molecule has 1 unspecified atom stereocenters. The van der Waals surface area contributed by atoms with Gasteiger partial charge in [0.1, 0.15) is 6.04 Å². The summed E-state index contributed by atoms with van der Waals surface area (Å²) in [6.45, 7) is 4.75. The van der Waals surface area contributed by atoms with Gasteiger partial charge in [-0.1, -0.05) is 17.3 Å². The van der Waals surface area contributed by atoms with Crippen molar-refractivity contribution >= 4 is 6.21 Å². The van der Waals surface area contributed by atoms with E-state index in [1.807, 2.05) is 13.1 Å². The highest BCUT2D eigenvalue weighted by molar-refractivity contribution is 5.80. The van der Waals surface area contributed by atoms with Gasteiger partial charge < -0.3 is 0 Å². The summed E-state index contributed by atoms with van der Waals surface area (Å²) in [5.74, 6) is 0. The zero-order valence-electron chi connectivity index (χ0n) is 10.3. The lowest BCUT2D eigenvalue weighted by molar-refractivity contribution is 0.227. The third-order valence-corrected chi connectivity index (χ3v) is 3.26. The van der Waals surface area contributed by atoms with Crippen molar-refractivity contribution in [3.8, 4) is 0 Å². The molecule has 0 aromatic carbocycles. The molecule has 1 atom stereocenters. The quantitative estimate of drug-likeness (QED) is 0.703. The van der Waals surface area contributed by atoms with E-state index in [2.05, 4.69) is 27.2 Å². The first-order valence-electron chi connectivity index (χ1n) is 6.22. The molecule has 4 heteroatoms. The molecule has 2 rings (SSSR count). The maximum Gasteiger partial charge on any atom is 0.105 e. The Morgan fingerprint density at radius 1 is 1.53 bits per heavy atom. The van der Waals surface area contributed by atoms with Crippen LogP contribution in [0.15, 0.2) is 33.6 Å². The number of nitroso groups, excluding NO2 is 1. The lowest BCUT2D eigenvalue weighted by atomic mass is 10.1. The van der Waals surface area contributed by atoms with Crippen molar-refractivity contribution in [2.24, 2.45) is 10.2 Å². The Labute approximate surface area is 102 Å². The van der Waals surface area contributed by atoms with Crippen LogP contribution in [0.1, 0.15) is 26.2 Å². The smallest absolute Gasteiger partial charge is 0.105 e. The molecule has 2 aliphatic rings. The van der Waals surface area contributed by atoms with Crippen LogP contribution in [-0.4, -0.2) is 36.8 Å². The number of hydrogen-bond acceptors (Lipinski definition) is 4. The summed E-state index contributed by atoms with van der Waals surface area (Å²) >= 11 is 0. The first-order valence-corrected chi connectivity index (χ1v) is 6.22. The largest absolute Gasteiger partial charge is 0.297 e. The molecule has 0 bridgehead atoms. The number of rotatable bonds is 3. The van der Waals surface area contributed by atoms with E-state index in [4.69, 9.17) is 0 Å². The number of aliphatic imine (C=N–C) groups is 1. The number of nitrogens with zero attached hydrogens (tertiary/aromatic N) is 3. The van der Waals surface area contributed by atoms with Gasteiger partial charge in [-0.2, -0.15) is 4.91 Å². The highest BCUT2D eigenvalue weighted by Gasteiger charge is 2.20. The molecule has 2 heterocycles. The normalized spacial score (nSPS) is 26.1. The molecule has 0 amide bonds. The predicted octanol–water partition coefficient (Wildman–Crippen LogP) is 2.52. The molecule has 0 spiro atoms. The summed E-state index contributed by atoms with van der Waals surface area (Å²) in [5.41, 5.74) is 2.31. The average Bonchev–Trinajstić information content (AvgIpc) is 2.55. The van der Waals surface area contributed by atoms with E-state index >= 15 is 0 Å². The predicted molar refractivity (Wildman–Crippen MR) is 70.2 cm³/mol. The van der Waals surface area contributed by atoms with Gasteiger partial charge in [0.05, 0.1) is 0 Å². The average molecular weight is 233 g/mol. The van der Waals surface area contributed by atoms with Crippen LogP contribution < -0.4 is 0 Å². The van der Waals surface area contributed by atoms with Gasteiger partial charge in [0.2, 0.25) is 0 Å². The third-order valence-electron chi connectivity index (χ3n) is 3.26. The van der Waals surface area contributed by atoms with E-state index < -0.39 is 0 Å². The molecule has 92 valence electrons. The number of allylic oxidation sites excluding steroid dienone is 3. The number of piperidine rings is 1. The Balaban J connectivity index is 1.90. The van der Waals surface area contributed by atoms with Crippen LogP contribution in [0.4, 0.5) is 0 Å². The van der Waals surface area contributed by atoms with Crippen molar-refractivity contribution in [1.29, 1.82) is 0 Å². The minimum absolute atomic E-state index is 0.0214. The van der Waals surface area contributed by atoms with Gasteiger partial charge in [-0.25, -0.2) is 0 Å². The molecule has 2 aliphatic heterocycles. The van der Waals surface area contributed by atoms with Gasteiger partial charge in [0, 0.05) is 25.0 Å². The minimum atomic E-state index is -0.0214. The molecule has 0 N–H and O–H groups in total. The summed E-state index contributed by atoms with van der Waals surface area (Å²) in [5, 5.41) is 3.17.